The van der Waals surface area contributed by atoms with Crippen LogP contribution < -0.4 is 0 Å². The molecule has 3 rings (SSSR count). The molecule has 0 saturated carbocycles. The molecule has 0 aromatic carbocycles. The summed E-state index contributed by atoms with van der Waals surface area (Å²) < 4.78 is 5.20. The first-order valence-electron chi connectivity index (χ1n) is 6.98. The molecule has 2 fully saturated rings. The van der Waals surface area contributed by atoms with E-state index in [1.165, 1.54) is 0 Å². The monoisotopic (exact) mass is 260 g/mol. The summed E-state index contributed by atoms with van der Waals surface area (Å²) in [4.78, 5) is 19.3. The van der Waals surface area contributed by atoms with E-state index in [-0.39, 0.29) is 11.3 Å². The van der Waals surface area contributed by atoms with Crippen LogP contribution in [-0.2, 0) is 4.74 Å². The molecule has 4 heteroatoms. The lowest BCUT2D eigenvalue weighted by molar-refractivity contribution is 0.0626. The minimum absolute atomic E-state index is 0.269. The van der Waals surface area contributed by atoms with Gasteiger partial charge >= 0.3 is 0 Å². The van der Waals surface area contributed by atoms with E-state index in [1.807, 2.05) is 12.1 Å². The molecule has 1 aromatic heterocycles. The summed E-state index contributed by atoms with van der Waals surface area (Å²) in [5, 5.41) is 0. The smallest absolute Gasteiger partial charge is 0.183 e. The van der Waals surface area contributed by atoms with Crippen molar-refractivity contribution in [1.82, 2.24) is 9.88 Å². The highest BCUT2D eigenvalue weighted by molar-refractivity contribution is 6.03. The van der Waals surface area contributed by atoms with Gasteiger partial charge in [0.2, 0.25) is 0 Å². The molecule has 0 N–H and O–H groups in total. The Labute approximate surface area is 113 Å². The van der Waals surface area contributed by atoms with Crippen molar-refractivity contribution in [2.45, 2.75) is 37.3 Å². The maximum atomic E-state index is 12.9. The van der Waals surface area contributed by atoms with Crippen LogP contribution in [0.3, 0.4) is 0 Å². The van der Waals surface area contributed by atoms with Crippen molar-refractivity contribution in [3.8, 4) is 0 Å². The third-order valence-corrected chi connectivity index (χ3v) is 4.67. The van der Waals surface area contributed by atoms with Crippen molar-refractivity contribution in [3.63, 3.8) is 0 Å². The molecule has 102 valence electrons. The Balaban J connectivity index is 1.87. The van der Waals surface area contributed by atoms with Gasteiger partial charge in [-0.1, -0.05) is 0 Å². The topological polar surface area (TPSA) is 42.4 Å². The highest BCUT2D eigenvalue weighted by Crippen LogP contribution is 2.47. The number of ether oxygens (including phenoxy) is 1. The van der Waals surface area contributed by atoms with E-state index in [2.05, 4.69) is 9.88 Å². The number of rotatable bonds is 5. The number of hydrogen-bond donors (Lipinski definition) is 0. The Bertz CT molecular complexity index is 452. The molecule has 0 aliphatic carbocycles. The zero-order chi connectivity index (χ0) is 13.3. The molecule has 2 aliphatic rings. The van der Waals surface area contributed by atoms with Crippen LogP contribution in [0.4, 0.5) is 0 Å². The Morgan fingerprint density at radius 3 is 2.74 bits per heavy atom. The Morgan fingerprint density at radius 2 is 2.11 bits per heavy atom. The normalized spacial score (nSPS) is 29.8. The van der Waals surface area contributed by atoms with Crippen molar-refractivity contribution in [2.24, 2.45) is 0 Å². The van der Waals surface area contributed by atoms with Crippen LogP contribution in [0.15, 0.2) is 24.5 Å². The molecule has 1 aromatic rings. The maximum absolute atomic E-state index is 12.9. The first kappa shape index (κ1) is 12.8. The highest BCUT2D eigenvalue weighted by atomic mass is 16.5. The van der Waals surface area contributed by atoms with Gasteiger partial charge in [-0.15, -0.1) is 0 Å². The third-order valence-electron chi connectivity index (χ3n) is 4.67. The molecule has 2 bridgehead atoms. The number of Topliss-reactive ketones (excluding diaryl/α,β-unsaturated/α-hetero) is 1. The fourth-order valence-electron chi connectivity index (χ4n) is 3.74. The van der Waals surface area contributed by atoms with Gasteiger partial charge in [-0.3, -0.25) is 14.7 Å². The predicted molar refractivity (Wildman–Crippen MR) is 72.1 cm³/mol. The van der Waals surface area contributed by atoms with Crippen LogP contribution in [0.1, 0.15) is 36.0 Å². The summed E-state index contributed by atoms with van der Waals surface area (Å²) in [5.41, 5.74) is 0.518. The number of carbonyl (C=O) groups is 1. The fourth-order valence-corrected chi connectivity index (χ4v) is 3.74. The molecule has 19 heavy (non-hydrogen) atoms. The molecule has 4 nitrogen and oxygen atoms in total. The lowest BCUT2D eigenvalue weighted by Gasteiger charge is -2.33. The van der Waals surface area contributed by atoms with E-state index in [0.29, 0.717) is 12.6 Å². The zero-order valence-corrected chi connectivity index (χ0v) is 11.3. The van der Waals surface area contributed by atoms with Crippen LogP contribution >= 0.6 is 0 Å². The van der Waals surface area contributed by atoms with Crippen LogP contribution in [0.25, 0.3) is 0 Å². The van der Waals surface area contributed by atoms with E-state index < -0.39 is 0 Å². The number of hydrogen-bond acceptors (Lipinski definition) is 4. The second-order valence-electron chi connectivity index (χ2n) is 5.51. The summed E-state index contributed by atoms with van der Waals surface area (Å²) in [6.07, 6.45) is 7.65. The predicted octanol–water partition coefficient (Wildman–Crippen LogP) is 1.91. The van der Waals surface area contributed by atoms with Gasteiger partial charge in [0, 0.05) is 37.7 Å². The van der Waals surface area contributed by atoms with E-state index in [9.17, 15) is 4.79 Å². The maximum Gasteiger partial charge on any atom is 0.183 e. The van der Waals surface area contributed by atoms with Gasteiger partial charge in [-0.25, -0.2) is 0 Å². The van der Waals surface area contributed by atoms with Crippen LogP contribution in [0.5, 0.6) is 0 Å². The second-order valence-corrected chi connectivity index (χ2v) is 5.51. The molecule has 2 saturated heterocycles. The number of carbonyl (C=O) groups excluding carboxylic acids is 1. The molecular formula is C15H20N2O2. The van der Waals surface area contributed by atoms with Gasteiger partial charge in [-0.05, 0) is 37.8 Å². The van der Waals surface area contributed by atoms with Gasteiger partial charge in [-0.2, -0.15) is 0 Å². The molecule has 0 radical (unpaired) electrons. The molecular weight excluding hydrogens is 240 g/mol. The van der Waals surface area contributed by atoms with E-state index in [0.717, 1.165) is 37.8 Å². The first-order chi connectivity index (χ1) is 9.28. The molecule has 2 aliphatic heterocycles. The first-order valence-corrected chi connectivity index (χ1v) is 6.98. The number of aromatic nitrogens is 1. The van der Waals surface area contributed by atoms with Crippen molar-refractivity contribution >= 4 is 5.78 Å². The van der Waals surface area contributed by atoms with Crippen LogP contribution in [0.2, 0.25) is 0 Å². The average molecular weight is 260 g/mol. The Hall–Kier alpha value is -1.26. The van der Waals surface area contributed by atoms with Gasteiger partial charge in [0.05, 0.1) is 12.1 Å². The van der Waals surface area contributed by atoms with E-state index in [1.54, 1.807) is 19.5 Å². The Morgan fingerprint density at radius 1 is 1.42 bits per heavy atom. The summed E-state index contributed by atoms with van der Waals surface area (Å²) in [6, 6.07) is 4.23. The number of ketones is 1. The highest BCUT2D eigenvalue weighted by Gasteiger charge is 2.55. The van der Waals surface area contributed by atoms with Crippen LogP contribution in [0, 0.1) is 0 Å². The lowest BCUT2D eigenvalue weighted by atomic mass is 9.81. The summed E-state index contributed by atoms with van der Waals surface area (Å²) in [6.45, 7) is 1.56. The summed E-state index contributed by atoms with van der Waals surface area (Å²) >= 11 is 0. The zero-order valence-electron chi connectivity index (χ0n) is 11.3. The minimum Gasteiger partial charge on any atom is -0.383 e. The number of nitrogens with zero attached hydrogens (tertiary/aromatic N) is 2. The van der Waals surface area contributed by atoms with E-state index >= 15 is 0 Å². The number of fused-ring (bicyclic) bond motifs is 2. The Kier molecular flexibility index (Phi) is 3.37. The van der Waals surface area contributed by atoms with Crippen molar-refractivity contribution in [2.75, 3.05) is 20.3 Å². The molecule has 0 unspecified atom stereocenters. The van der Waals surface area contributed by atoms with E-state index in [4.69, 9.17) is 4.74 Å². The van der Waals surface area contributed by atoms with Crippen molar-refractivity contribution in [3.05, 3.63) is 30.1 Å². The quantitative estimate of drug-likeness (QED) is 0.758. The van der Waals surface area contributed by atoms with Gasteiger partial charge in [0.1, 0.15) is 0 Å². The lowest BCUT2D eigenvalue weighted by Crippen LogP contribution is -2.49. The third kappa shape index (κ3) is 1.99. The average Bonchev–Trinajstić information content (AvgIpc) is 3.01. The standard InChI is InChI=1S/C15H20N2O2/c1-19-11-10-17-13-2-6-15(17,7-3-13)14(18)12-4-8-16-9-5-12/h4-5,8-9,13H,2-3,6-7,10-11H2,1H3. The largest absolute Gasteiger partial charge is 0.383 e. The van der Waals surface area contributed by atoms with Gasteiger partial charge in [0.25, 0.3) is 0 Å². The second kappa shape index (κ2) is 5.02. The molecule has 3 heterocycles. The van der Waals surface area contributed by atoms with Crippen molar-refractivity contribution in [1.29, 1.82) is 0 Å². The van der Waals surface area contributed by atoms with Crippen molar-refractivity contribution < 1.29 is 9.53 Å². The number of pyridine rings is 1. The molecule has 0 amide bonds. The molecule has 0 atom stereocenters. The van der Waals surface area contributed by atoms with Crippen LogP contribution in [-0.4, -0.2) is 47.5 Å². The van der Waals surface area contributed by atoms with Gasteiger partial charge in [0.15, 0.2) is 5.78 Å². The number of methoxy groups -OCH3 is 1. The van der Waals surface area contributed by atoms with Gasteiger partial charge < -0.3 is 4.74 Å². The molecule has 0 spiro atoms. The SMILES string of the molecule is COCCN1C2CCC1(C(=O)c1ccncc1)CC2. The summed E-state index contributed by atoms with van der Waals surface area (Å²) in [7, 11) is 1.72. The summed E-state index contributed by atoms with van der Waals surface area (Å²) in [5.74, 6) is 0.269. The minimum atomic E-state index is -0.273. The fraction of sp³-hybridized carbons (Fsp3) is 0.600.